The molecule has 0 unspecified atom stereocenters. The quantitative estimate of drug-likeness (QED) is 0.866. The maximum Gasteiger partial charge on any atom is 0.417 e. The zero-order valence-electron chi connectivity index (χ0n) is 12.9. The summed E-state index contributed by atoms with van der Waals surface area (Å²) in [6.07, 6.45) is -2.87. The highest BCUT2D eigenvalue weighted by Gasteiger charge is 2.36. The van der Waals surface area contributed by atoms with Gasteiger partial charge in [-0.2, -0.15) is 18.4 Å². The van der Waals surface area contributed by atoms with Crippen molar-refractivity contribution in [1.29, 1.82) is 5.26 Å². The predicted octanol–water partition coefficient (Wildman–Crippen LogP) is 2.96. The zero-order chi connectivity index (χ0) is 17.5. The number of hydrogen-bond donors (Lipinski definition) is 2. The number of alkyl halides is 3. The van der Waals surface area contributed by atoms with Crippen LogP contribution in [0.2, 0.25) is 0 Å². The van der Waals surface area contributed by atoms with E-state index in [2.05, 4.69) is 10.3 Å². The van der Waals surface area contributed by atoms with E-state index in [0.717, 1.165) is 30.2 Å². The summed E-state index contributed by atoms with van der Waals surface area (Å²) in [7, 11) is 1.88. The van der Waals surface area contributed by atoms with Crippen LogP contribution in [0, 0.1) is 11.3 Å². The minimum Gasteiger partial charge on any atom is -0.396 e. The molecule has 1 aliphatic rings. The van der Waals surface area contributed by atoms with Gasteiger partial charge in [0.1, 0.15) is 21.6 Å². The summed E-state index contributed by atoms with van der Waals surface area (Å²) in [5.41, 5.74) is 4.77. The van der Waals surface area contributed by atoms with Gasteiger partial charge < -0.3 is 16.0 Å². The molecule has 24 heavy (non-hydrogen) atoms. The first-order chi connectivity index (χ1) is 11.3. The van der Waals surface area contributed by atoms with E-state index in [-0.39, 0.29) is 26.6 Å². The van der Waals surface area contributed by atoms with Gasteiger partial charge in [0, 0.05) is 24.5 Å². The van der Waals surface area contributed by atoms with Crippen molar-refractivity contribution in [3.8, 4) is 6.07 Å². The normalized spacial score (nSPS) is 16.5. The van der Waals surface area contributed by atoms with Crippen LogP contribution in [0.1, 0.15) is 23.3 Å². The molecule has 5 nitrogen and oxygen atoms in total. The van der Waals surface area contributed by atoms with Crippen LogP contribution in [0.15, 0.2) is 6.07 Å². The number of thiophene rings is 1. The SMILES string of the molecule is CNC1CCN(c2cc(C(F)(F)F)c3c(N)c(C#N)sc3n2)CC1. The third kappa shape index (κ3) is 2.87. The van der Waals surface area contributed by atoms with E-state index in [9.17, 15) is 13.2 Å². The highest BCUT2D eigenvalue weighted by molar-refractivity contribution is 7.19. The number of fused-ring (bicyclic) bond motifs is 1. The number of piperidine rings is 1. The van der Waals surface area contributed by atoms with Gasteiger partial charge >= 0.3 is 6.18 Å². The third-order valence-electron chi connectivity index (χ3n) is 4.32. The molecule has 0 aromatic carbocycles. The Balaban J connectivity index is 2.09. The van der Waals surface area contributed by atoms with E-state index in [4.69, 9.17) is 11.0 Å². The summed E-state index contributed by atoms with van der Waals surface area (Å²) in [6.45, 7) is 1.26. The molecule has 0 spiro atoms. The second-order valence-corrected chi connectivity index (χ2v) is 6.71. The highest BCUT2D eigenvalue weighted by Crippen LogP contribution is 2.43. The van der Waals surface area contributed by atoms with Crippen LogP contribution in [0.3, 0.4) is 0 Å². The number of nitrogen functional groups attached to an aromatic ring is 1. The molecule has 0 aliphatic carbocycles. The molecule has 0 radical (unpaired) electrons. The largest absolute Gasteiger partial charge is 0.417 e. The fourth-order valence-corrected chi connectivity index (χ4v) is 3.89. The van der Waals surface area contributed by atoms with E-state index < -0.39 is 11.7 Å². The molecule has 0 saturated carbocycles. The second-order valence-electron chi connectivity index (χ2n) is 5.71. The van der Waals surface area contributed by atoms with Crippen LogP contribution in [0.5, 0.6) is 0 Å². The predicted molar refractivity (Wildman–Crippen MR) is 88.0 cm³/mol. The number of pyridine rings is 1. The van der Waals surface area contributed by atoms with Crippen LogP contribution in [0.25, 0.3) is 10.2 Å². The first-order valence-corrected chi connectivity index (χ1v) is 8.29. The Labute approximate surface area is 140 Å². The summed E-state index contributed by atoms with van der Waals surface area (Å²) in [5.74, 6) is 0.287. The average Bonchev–Trinajstić information content (AvgIpc) is 2.89. The number of nitrogens with one attached hydrogen (secondary N) is 1. The molecule has 2 aromatic rings. The Morgan fingerprint density at radius 2 is 2.08 bits per heavy atom. The van der Waals surface area contributed by atoms with E-state index in [1.165, 1.54) is 0 Å². The summed E-state index contributed by atoms with van der Waals surface area (Å²) in [6, 6.07) is 3.26. The van der Waals surface area contributed by atoms with Gasteiger partial charge in [0.2, 0.25) is 0 Å². The number of rotatable bonds is 2. The van der Waals surface area contributed by atoms with Crippen molar-refractivity contribution in [3.63, 3.8) is 0 Å². The molecular weight excluding hydrogens is 339 g/mol. The fourth-order valence-electron chi connectivity index (χ4n) is 2.97. The van der Waals surface area contributed by atoms with Crippen LogP contribution < -0.4 is 16.0 Å². The van der Waals surface area contributed by atoms with Crippen LogP contribution in [-0.4, -0.2) is 31.2 Å². The molecule has 0 amide bonds. The first-order valence-electron chi connectivity index (χ1n) is 7.47. The van der Waals surface area contributed by atoms with Gasteiger partial charge in [0.25, 0.3) is 0 Å². The van der Waals surface area contributed by atoms with Gasteiger partial charge in [-0.1, -0.05) is 0 Å². The Morgan fingerprint density at radius 1 is 1.42 bits per heavy atom. The number of halogens is 3. The Bertz CT molecular complexity index is 800. The molecule has 1 fully saturated rings. The van der Waals surface area contributed by atoms with Crippen LogP contribution in [0.4, 0.5) is 24.7 Å². The second kappa shape index (κ2) is 6.11. The summed E-state index contributed by atoms with van der Waals surface area (Å²) >= 11 is 0.901. The third-order valence-corrected chi connectivity index (χ3v) is 5.32. The Morgan fingerprint density at radius 3 is 2.62 bits per heavy atom. The molecule has 1 saturated heterocycles. The molecule has 0 bridgehead atoms. The number of aromatic nitrogens is 1. The van der Waals surface area contributed by atoms with E-state index in [1.807, 2.05) is 18.0 Å². The minimum atomic E-state index is -4.55. The topological polar surface area (TPSA) is 78.0 Å². The summed E-state index contributed by atoms with van der Waals surface area (Å²) in [4.78, 5) is 6.42. The molecule has 3 rings (SSSR count). The van der Waals surface area contributed by atoms with E-state index >= 15 is 0 Å². The molecular formula is C15H16F3N5S. The zero-order valence-corrected chi connectivity index (χ0v) is 13.8. The highest BCUT2D eigenvalue weighted by atomic mass is 32.1. The standard InChI is InChI=1S/C15H16F3N5S/c1-21-8-2-4-23(5-3-8)11-6-9(15(16,17)18)12-13(20)10(7-19)24-14(12)22-11/h6,8,21H,2-5,20H2,1H3. The van der Waals surface area contributed by atoms with Gasteiger partial charge in [-0.05, 0) is 26.0 Å². The van der Waals surface area contributed by atoms with Gasteiger partial charge in [-0.25, -0.2) is 4.98 Å². The lowest BCUT2D eigenvalue weighted by Crippen LogP contribution is -2.41. The first kappa shape index (κ1) is 16.8. The number of nitrogens with two attached hydrogens (primary N) is 1. The van der Waals surface area contributed by atoms with Gasteiger partial charge in [-0.15, -0.1) is 11.3 Å². The maximum atomic E-state index is 13.5. The maximum absolute atomic E-state index is 13.5. The molecule has 3 N–H and O–H groups in total. The number of nitriles is 1. The molecule has 1 aliphatic heterocycles. The Kier molecular flexibility index (Phi) is 4.27. The summed E-state index contributed by atoms with van der Waals surface area (Å²) < 4.78 is 40.5. The molecule has 128 valence electrons. The average molecular weight is 355 g/mol. The lowest BCUT2D eigenvalue weighted by atomic mass is 10.0. The van der Waals surface area contributed by atoms with E-state index in [0.29, 0.717) is 19.1 Å². The monoisotopic (exact) mass is 355 g/mol. The Hall–Kier alpha value is -2.05. The van der Waals surface area contributed by atoms with Crippen LogP contribution >= 0.6 is 11.3 Å². The van der Waals surface area contributed by atoms with Crippen LogP contribution in [-0.2, 0) is 6.18 Å². The fraction of sp³-hybridized carbons (Fsp3) is 0.467. The number of nitrogens with zero attached hydrogens (tertiary/aromatic N) is 3. The number of anilines is 2. The molecule has 9 heteroatoms. The van der Waals surface area contributed by atoms with Crippen molar-refractivity contribution in [1.82, 2.24) is 10.3 Å². The van der Waals surface area contributed by atoms with Crippen molar-refractivity contribution >= 4 is 33.1 Å². The van der Waals surface area contributed by atoms with Crippen molar-refractivity contribution < 1.29 is 13.2 Å². The van der Waals surface area contributed by atoms with Gasteiger partial charge in [-0.3, -0.25) is 0 Å². The minimum absolute atomic E-state index is 0.0639. The smallest absolute Gasteiger partial charge is 0.396 e. The van der Waals surface area contributed by atoms with E-state index in [1.54, 1.807) is 0 Å². The molecule has 3 heterocycles. The van der Waals surface area contributed by atoms with Crippen molar-refractivity contribution in [2.75, 3.05) is 30.8 Å². The lowest BCUT2D eigenvalue weighted by molar-refractivity contribution is -0.136. The van der Waals surface area contributed by atoms with Crippen molar-refractivity contribution in [2.45, 2.75) is 25.1 Å². The molecule has 0 atom stereocenters. The van der Waals surface area contributed by atoms with Gasteiger partial charge in [0.15, 0.2) is 0 Å². The van der Waals surface area contributed by atoms with Gasteiger partial charge in [0.05, 0.1) is 11.3 Å². The molecule has 2 aromatic heterocycles. The van der Waals surface area contributed by atoms with Crippen molar-refractivity contribution in [3.05, 3.63) is 16.5 Å². The summed E-state index contributed by atoms with van der Waals surface area (Å²) in [5, 5.41) is 12.1. The van der Waals surface area contributed by atoms with Crippen molar-refractivity contribution in [2.24, 2.45) is 0 Å². The number of hydrogen-bond acceptors (Lipinski definition) is 6. The lowest BCUT2D eigenvalue weighted by Gasteiger charge is -2.33.